The Hall–Kier alpha value is -4.05. The predicted octanol–water partition coefficient (Wildman–Crippen LogP) is 6.55. The van der Waals surface area contributed by atoms with E-state index in [0.29, 0.717) is 42.8 Å². The van der Waals surface area contributed by atoms with Crippen LogP contribution in [0.15, 0.2) is 85.2 Å². The summed E-state index contributed by atoms with van der Waals surface area (Å²) in [5.41, 5.74) is 5.53. The standard InChI is InChI=1S/C41H50N6O2S/c1-30-27-33(46-23-25-50-26-24-46)17-20-45(30)21-22-47(19-16-32-29-43-39-14-8-6-10-35(32)39)41(49)37-12-4-3-11-36(37)40(48)44(2)18-15-31-28-42-38-13-7-5-9-34(31)38/h3-14,28-30,33,42-43H,15-27H2,1-2H3. The quantitative estimate of drug-likeness (QED) is 0.155. The van der Waals surface area contributed by atoms with E-state index in [1.54, 1.807) is 4.90 Å². The Kier molecular flexibility index (Phi) is 10.9. The summed E-state index contributed by atoms with van der Waals surface area (Å²) in [7, 11) is 1.83. The number of hydrogen-bond donors (Lipinski definition) is 2. The van der Waals surface area contributed by atoms with Gasteiger partial charge in [0.15, 0.2) is 0 Å². The number of thioether (sulfide) groups is 1. The van der Waals surface area contributed by atoms with Crippen LogP contribution >= 0.6 is 11.8 Å². The maximum Gasteiger partial charge on any atom is 0.254 e. The molecule has 2 N–H and O–H groups in total. The van der Waals surface area contributed by atoms with E-state index in [2.05, 4.69) is 75.0 Å². The van der Waals surface area contributed by atoms with Gasteiger partial charge < -0.3 is 19.8 Å². The lowest BCUT2D eigenvalue weighted by atomic mass is 9.96. The first kappa shape index (κ1) is 34.4. The molecule has 2 aliphatic rings. The number of benzene rings is 3. The highest BCUT2D eigenvalue weighted by Gasteiger charge is 2.31. The zero-order valence-electron chi connectivity index (χ0n) is 29.4. The number of aromatic nitrogens is 2. The summed E-state index contributed by atoms with van der Waals surface area (Å²) in [4.78, 5) is 44.2. The van der Waals surface area contributed by atoms with Gasteiger partial charge in [-0.15, -0.1) is 0 Å². The molecule has 2 amide bonds. The van der Waals surface area contributed by atoms with Crippen molar-refractivity contribution in [3.8, 4) is 0 Å². The number of amides is 2. The molecule has 5 aromatic rings. The predicted molar refractivity (Wildman–Crippen MR) is 206 cm³/mol. The molecule has 4 heterocycles. The second-order valence-corrected chi connectivity index (χ2v) is 15.2. The third-order valence-electron chi connectivity index (χ3n) is 10.9. The Morgan fingerprint density at radius 3 is 1.98 bits per heavy atom. The highest BCUT2D eigenvalue weighted by atomic mass is 32.2. The fraction of sp³-hybridized carbons (Fsp3) is 0.415. The van der Waals surface area contributed by atoms with Crippen LogP contribution in [0.25, 0.3) is 21.8 Å². The van der Waals surface area contributed by atoms with E-state index in [1.807, 2.05) is 60.6 Å². The van der Waals surface area contributed by atoms with Gasteiger partial charge in [-0.25, -0.2) is 0 Å². The van der Waals surface area contributed by atoms with Crippen LogP contribution < -0.4 is 0 Å². The number of para-hydroxylation sites is 2. The largest absolute Gasteiger partial charge is 0.361 e. The van der Waals surface area contributed by atoms with E-state index in [1.165, 1.54) is 59.3 Å². The third-order valence-corrected chi connectivity index (χ3v) is 11.9. The molecule has 2 atom stereocenters. The second-order valence-electron chi connectivity index (χ2n) is 14.0. The van der Waals surface area contributed by atoms with Crippen molar-refractivity contribution in [2.24, 2.45) is 0 Å². The molecule has 9 heteroatoms. The van der Waals surface area contributed by atoms with Gasteiger partial charge in [-0.1, -0.05) is 48.5 Å². The van der Waals surface area contributed by atoms with Gasteiger partial charge in [-0.05, 0) is 74.5 Å². The van der Waals surface area contributed by atoms with Crippen molar-refractivity contribution in [2.45, 2.75) is 44.7 Å². The number of nitrogens with one attached hydrogen (secondary N) is 2. The van der Waals surface area contributed by atoms with Crippen molar-refractivity contribution < 1.29 is 9.59 Å². The Bertz CT molecular complexity index is 1910. The molecule has 0 aliphatic carbocycles. The van der Waals surface area contributed by atoms with Gasteiger partial charge in [0.25, 0.3) is 11.8 Å². The summed E-state index contributed by atoms with van der Waals surface area (Å²) >= 11 is 2.07. The molecule has 8 nitrogen and oxygen atoms in total. The summed E-state index contributed by atoms with van der Waals surface area (Å²) in [6, 6.07) is 25.1. The molecule has 3 aromatic carbocycles. The maximum atomic E-state index is 14.5. The van der Waals surface area contributed by atoms with Crippen molar-refractivity contribution in [2.75, 3.05) is 64.4 Å². The SMILES string of the molecule is CC1CC(N2CCSCC2)CCN1CCN(CCc1c[nH]c2ccccc12)C(=O)c1ccccc1C(=O)N(C)CCc1c[nH]c2ccccc12. The fourth-order valence-corrected chi connectivity index (χ4v) is 8.85. The minimum Gasteiger partial charge on any atom is -0.361 e. The van der Waals surface area contributed by atoms with Crippen LogP contribution in [-0.4, -0.2) is 118 Å². The van der Waals surface area contributed by atoms with Crippen LogP contribution in [0.4, 0.5) is 0 Å². The van der Waals surface area contributed by atoms with Gasteiger partial charge >= 0.3 is 0 Å². The van der Waals surface area contributed by atoms with Crippen LogP contribution in [0.2, 0.25) is 0 Å². The topological polar surface area (TPSA) is 78.7 Å². The minimum atomic E-state index is -0.128. The molecule has 0 spiro atoms. The van der Waals surface area contributed by atoms with Crippen molar-refractivity contribution >= 4 is 45.4 Å². The van der Waals surface area contributed by atoms with E-state index in [9.17, 15) is 9.59 Å². The molecule has 2 aromatic heterocycles. The van der Waals surface area contributed by atoms with E-state index in [4.69, 9.17) is 0 Å². The number of likely N-dealkylation sites (N-methyl/N-ethyl adjacent to an activating group) is 1. The van der Waals surface area contributed by atoms with Crippen LogP contribution in [0.1, 0.15) is 51.6 Å². The molecule has 0 saturated carbocycles. The molecule has 262 valence electrons. The average molecular weight is 691 g/mol. The van der Waals surface area contributed by atoms with Gasteiger partial charge in [0, 0.05) is 104 Å². The van der Waals surface area contributed by atoms with Crippen LogP contribution in [0, 0.1) is 0 Å². The summed E-state index contributed by atoms with van der Waals surface area (Å²) in [6.07, 6.45) is 7.92. The number of hydrogen-bond acceptors (Lipinski definition) is 5. The highest BCUT2D eigenvalue weighted by molar-refractivity contribution is 7.99. The van der Waals surface area contributed by atoms with Gasteiger partial charge in [0.05, 0.1) is 11.1 Å². The number of likely N-dealkylation sites (tertiary alicyclic amines) is 1. The lowest BCUT2D eigenvalue weighted by Crippen LogP contribution is -2.52. The number of aromatic amines is 2. The Balaban J connectivity index is 1.06. The first-order valence-electron chi connectivity index (χ1n) is 18.3. The fourth-order valence-electron chi connectivity index (χ4n) is 7.92. The van der Waals surface area contributed by atoms with Crippen LogP contribution in [0.3, 0.4) is 0 Å². The molecule has 7 rings (SSSR count). The van der Waals surface area contributed by atoms with Crippen molar-refractivity contribution in [3.05, 3.63) is 107 Å². The molecule has 2 unspecified atom stereocenters. The third kappa shape index (κ3) is 7.65. The normalized spacial score (nSPS) is 18.8. The number of fused-ring (bicyclic) bond motifs is 2. The van der Waals surface area contributed by atoms with Crippen molar-refractivity contribution in [1.29, 1.82) is 0 Å². The number of H-pyrrole nitrogens is 2. The van der Waals surface area contributed by atoms with Crippen molar-refractivity contribution in [3.63, 3.8) is 0 Å². The van der Waals surface area contributed by atoms with Crippen molar-refractivity contribution in [1.82, 2.24) is 29.6 Å². The van der Waals surface area contributed by atoms with Crippen LogP contribution in [0.5, 0.6) is 0 Å². The van der Waals surface area contributed by atoms with E-state index < -0.39 is 0 Å². The van der Waals surface area contributed by atoms with Gasteiger partial charge in [-0.3, -0.25) is 19.4 Å². The van der Waals surface area contributed by atoms with Crippen LogP contribution in [-0.2, 0) is 12.8 Å². The van der Waals surface area contributed by atoms with E-state index in [0.717, 1.165) is 37.0 Å². The summed E-state index contributed by atoms with van der Waals surface area (Å²) < 4.78 is 0. The molecule has 0 radical (unpaired) electrons. The molecule has 2 saturated heterocycles. The monoisotopic (exact) mass is 690 g/mol. The Morgan fingerprint density at radius 1 is 0.760 bits per heavy atom. The Labute approximate surface area is 300 Å². The lowest BCUT2D eigenvalue weighted by Gasteiger charge is -2.44. The smallest absolute Gasteiger partial charge is 0.254 e. The first-order valence-corrected chi connectivity index (χ1v) is 19.4. The molecule has 50 heavy (non-hydrogen) atoms. The number of carbonyl (C=O) groups excluding carboxylic acids is 2. The summed E-state index contributed by atoms with van der Waals surface area (Å²) in [5.74, 6) is 2.28. The summed E-state index contributed by atoms with van der Waals surface area (Å²) in [5, 5.41) is 2.37. The van der Waals surface area contributed by atoms with Gasteiger partial charge in [0.1, 0.15) is 0 Å². The molecule has 2 aliphatic heterocycles. The second kappa shape index (κ2) is 15.9. The zero-order chi connectivity index (χ0) is 34.5. The maximum absolute atomic E-state index is 14.5. The average Bonchev–Trinajstić information content (AvgIpc) is 3.78. The van der Waals surface area contributed by atoms with E-state index in [-0.39, 0.29) is 11.8 Å². The number of rotatable bonds is 12. The van der Waals surface area contributed by atoms with Gasteiger partial charge in [-0.2, -0.15) is 11.8 Å². The molecule has 0 bridgehead atoms. The molecular formula is C41H50N6O2S. The molecule has 2 fully saturated rings. The highest BCUT2D eigenvalue weighted by Crippen LogP contribution is 2.25. The molecular weight excluding hydrogens is 641 g/mol. The summed E-state index contributed by atoms with van der Waals surface area (Å²) in [6.45, 7) is 8.38. The number of carbonyl (C=O) groups is 2. The number of nitrogens with zero attached hydrogens (tertiary/aromatic N) is 4. The minimum absolute atomic E-state index is 0.0767. The lowest BCUT2D eigenvalue weighted by molar-refractivity contribution is 0.0589. The number of piperidine rings is 1. The Morgan fingerprint density at radius 2 is 1.34 bits per heavy atom. The van der Waals surface area contributed by atoms with E-state index >= 15 is 0 Å². The zero-order valence-corrected chi connectivity index (χ0v) is 30.3. The first-order chi connectivity index (χ1) is 24.5. The van der Waals surface area contributed by atoms with Gasteiger partial charge in [0.2, 0.25) is 0 Å².